The second-order valence-electron chi connectivity index (χ2n) is 2.25. The van der Waals surface area contributed by atoms with Crippen molar-refractivity contribution in [3.63, 3.8) is 0 Å². The van der Waals surface area contributed by atoms with Crippen molar-refractivity contribution in [1.82, 2.24) is 5.32 Å². The van der Waals surface area contributed by atoms with Crippen molar-refractivity contribution >= 4 is 5.91 Å². The number of carbonyl (C=O) groups excluding carboxylic acids is 1. The zero-order valence-electron chi connectivity index (χ0n) is 6.45. The topological polar surface area (TPSA) is 55.1 Å². The molecule has 3 nitrogen and oxygen atoms in total. The fourth-order valence-electron chi connectivity index (χ4n) is 0.563. The summed E-state index contributed by atoms with van der Waals surface area (Å²) in [4.78, 5) is 10.6. The van der Waals surface area contributed by atoms with Gasteiger partial charge in [0.15, 0.2) is 0 Å². The van der Waals surface area contributed by atoms with Gasteiger partial charge in [0.2, 0.25) is 5.91 Å². The van der Waals surface area contributed by atoms with Crippen LogP contribution in [0.1, 0.15) is 12.8 Å². The molecule has 3 N–H and O–H groups in total. The second-order valence-corrected chi connectivity index (χ2v) is 2.25. The Hall–Kier alpha value is -0.780. The molecule has 0 aliphatic carbocycles. The molecule has 0 aliphatic rings. The molecular weight excluding hydrogens is 173 g/mol. The lowest BCUT2D eigenvalue weighted by Crippen LogP contribution is -2.29. The fraction of sp³-hybridized carbons (Fsp3) is 0.833. The molecule has 0 aromatic rings. The van der Waals surface area contributed by atoms with Gasteiger partial charge in [0.05, 0.1) is 6.42 Å². The number of alkyl halides is 3. The van der Waals surface area contributed by atoms with Crippen molar-refractivity contribution < 1.29 is 18.0 Å². The first-order chi connectivity index (χ1) is 5.45. The predicted octanol–water partition coefficient (Wildman–Crippen LogP) is 0.404. The monoisotopic (exact) mass is 184 g/mol. The minimum Gasteiger partial charge on any atom is -0.356 e. The Balaban J connectivity index is 3.37. The second kappa shape index (κ2) is 4.97. The molecule has 0 bridgehead atoms. The predicted molar refractivity (Wildman–Crippen MR) is 37.4 cm³/mol. The lowest BCUT2D eigenvalue weighted by atomic mass is 10.3. The molecule has 0 spiro atoms. The van der Waals surface area contributed by atoms with E-state index in [0.717, 1.165) is 0 Å². The van der Waals surface area contributed by atoms with Gasteiger partial charge in [-0.2, -0.15) is 13.2 Å². The molecule has 1 amide bonds. The normalized spacial score (nSPS) is 11.3. The summed E-state index contributed by atoms with van der Waals surface area (Å²) in [5.41, 5.74) is 5.00. The summed E-state index contributed by atoms with van der Waals surface area (Å²) in [6.07, 6.45) is -5.14. The van der Waals surface area contributed by atoms with Crippen LogP contribution >= 0.6 is 0 Å². The maximum Gasteiger partial charge on any atom is 0.390 e. The largest absolute Gasteiger partial charge is 0.390 e. The Morgan fingerprint density at radius 3 is 2.42 bits per heavy atom. The Labute approximate surface area is 68.1 Å². The standard InChI is InChI=1S/C6H11F3N2O/c7-6(8,9)2-4-11-5(12)1-3-10/h1-4,10H2,(H,11,12). The van der Waals surface area contributed by atoms with Crippen molar-refractivity contribution in [2.75, 3.05) is 13.1 Å². The molecule has 0 aliphatic heterocycles. The summed E-state index contributed by atoms with van der Waals surface area (Å²) in [5, 5.41) is 2.10. The van der Waals surface area contributed by atoms with Gasteiger partial charge in [-0.05, 0) is 0 Å². The first kappa shape index (κ1) is 11.2. The van der Waals surface area contributed by atoms with Crippen LogP contribution in [-0.2, 0) is 4.79 Å². The van der Waals surface area contributed by atoms with Crippen LogP contribution in [0.25, 0.3) is 0 Å². The van der Waals surface area contributed by atoms with Crippen molar-refractivity contribution in [1.29, 1.82) is 0 Å². The summed E-state index contributed by atoms with van der Waals surface area (Å²) < 4.78 is 34.5. The van der Waals surface area contributed by atoms with E-state index in [9.17, 15) is 18.0 Å². The molecule has 0 fully saturated rings. The summed E-state index contributed by atoms with van der Waals surface area (Å²) >= 11 is 0. The van der Waals surface area contributed by atoms with E-state index < -0.39 is 18.5 Å². The van der Waals surface area contributed by atoms with Gasteiger partial charge >= 0.3 is 6.18 Å². The van der Waals surface area contributed by atoms with Crippen LogP contribution in [0.2, 0.25) is 0 Å². The molecule has 0 rings (SSSR count). The van der Waals surface area contributed by atoms with Crippen LogP contribution in [0.4, 0.5) is 13.2 Å². The van der Waals surface area contributed by atoms with E-state index >= 15 is 0 Å². The molecule has 0 saturated heterocycles. The van der Waals surface area contributed by atoms with E-state index in [1.807, 2.05) is 0 Å². The van der Waals surface area contributed by atoms with E-state index in [0.29, 0.717) is 0 Å². The number of hydrogen-bond acceptors (Lipinski definition) is 2. The smallest absolute Gasteiger partial charge is 0.356 e. The van der Waals surface area contributed by atoms with Crippen LogP contribution in [0.15, 0.2) is 0 Å². The molecular formula is C6H11F3N2O. The Bertz CT molecular complexity index is 146. The average molecular weight is 184 g/mol. The molecule has 72 valence electrons. The maximum atomic E-state index is 11.5. The summed E-state index contributed by atoms with van der Waals surface area (Å²) in [7, 11) is 0. The van der Waals surface area contributed by atoms with Gasteiger partial charge in [-0.3, -0.25) is 4.79 Å². The molecule has 0 atom stereocenters. The molecule has 0 unspecified atom stereocenters. The number of rotatable bonds is 4. The van der Waals surface area contributed by atoms with Gasteiger partial charge in [0.1, 0.15) is 0 Å². The van der Waals surface area contributed by atoms with Crippen LogP contribution in [0, 0.1) is 0 Å². The highest BCUT2D eigenvalue weighted by Gasteiger charge is 2.26. The van der Waals surface area contributed by atoms with Crippen molar-refractivity contribution in [3.8, 4) is 0 Å². The third-order valence-electron chi connectivity index (χ3n) is 1.10. The van der Waals surface area contributed by atoms with E-state index in [1.165, 1.54) is 0 Å². The number of carbonyl (C=O) groups is 1. The van der Waals surface area contributed by atoms with Crippen LogP contribution in [0.5, 0.6) is 0 Å². The van der Waals surface area contributed by atoms with Crippen LogP contribution in [-0.4, -0.2) is 25.2 Å². The van der Waals surface area contributed by atoms with Crippen LogP contribution in [0.3, 0.4) is 0 Å². The molecule has 0 aromatic carbocycles. The van der Waals surface area contributed by atoms with E-state index in [1.54, 1.807) is 0 Å². The Kier molecular flexibility index (Phi) is 4.65. The highest BCUT2D eigenvalue weighted by Crippen LogP contribution is 2.17. The van der Waals surface area contributed by atoms with Gasteiger partial charge in [-0.1, -0.05) is 0 Å². The minimum atomic E-state index is -4.21. The molecule has 12 heavy (non-hydrogen) atoms. The third kappa shape index (κ3) is 7.33. The molecule has 0 aromatic heterocycles. The minimum absolute atomic E-state index is 0.0673. The molecule has 0 radical (unpaired) electrons. The number of nitrogens with one attached hydrogen (secondary N) is 1. The number of amides is 1. The van der Waals surface area contributed by atoms with Crippen molar-refractivity contribution in [3.05, 3.63) is 0 Å². The van der Waals surface area contributed by atoms with Gasteiger partial charge < -0.3 is 11.1 Å². The van der Waals surface area contributed by atoms with Gasteiger partial charge in [0, 0.05) is 19.5 Å². The lowest BCUT2D eigenvalue weighted by Gasteiger charge is -2.06. The molecule has 0 saturated carbocycles. The van der Waals surface area contributed by atoms with Gasteiger partial charge in [0.25, 0.3) is 0 Å². The quantitative estimate of drug-likeness (QED) is 0.664. The fourth-order valence-corrected chi connectivity index (χ4v) is 0.563. The Morgan fingerprint density at radius 2 is 2.00 bits per heavy atom. The highest BCUT2D eigenvalue weighted by atomic mass is 19.4. The summed E-state index contributed by atoms with van der Waals surface area (Å²) in [6.45, 7) is -0.222. The Morgan fingerprint density at radius 1 is 1.42 bits per heavy atom. The average Bonchev–Trinajstić information content (AvgIpc) is 1.84. The van der Waals surface area contributed by atoms with Crippen molar-refractivity contribution in [2.24, 2.45) is 5.73 Å². The number of hydrogen-bond donors (Lipinski definition) is 2. The maximum absolute atomic E-state index is 11.5. The van der Waals surface area contributed by atoms with E-state index in [-0.39, 0.29) is 19.5 Å². The highest BCUT2D eigenvalue weighted by molar-refractivity contribution is 5.75. The van der Waals surface area contributed by atoms with Gasteiger partial charge in [-0.25, -0.2) is 0 Å². The van der Waals surface area contributed by atoms with E-state index in [4.69, 9.17) is 5.73 Å². The first-order valence-electron chi connectivity index (χ1n) is 3.49. The zero-order chi connectivity index (χ0) is 9.61. The van der Waals surface area contributed by atoms with Crippen molar-refractivity contribution in [2.45, 2.75) is 19.0 Å². The lowest BCUT2D eigenvalue weighted by molar-refractivity contribution is -0.135. The summed E-state index contributed by atoms with van der Waals surface area (Å²) in [5.74, 6) is -0.443. The van der Waals surface area contributed by atoms with Gasteiger partial charge in [-0.15, -0.1) is 0 Å². The SMILES string of the molecule is NCCC(=O)NCCC(F)(F)F. The zero-order valence-corrected chi connectivity index (χ0v) is 6.45. The first-order valence-corrected chi connectivity index (χ1v) is 3.49. The number of nitrogens with two attached hydrogens (primary N) is 1. The summed E-state index contributed by atoms with van der Waals surface area (Å²) in [6, 6.07) is 0. The number of halogens is 3. The molecule has 6 heteroatoms. The van der Waals surface area contributed by atoms with Crippen LogP contribution < -0.4 is 11.1 Å². The third-order valence-corrected chi connectivity index (χ3v) is 1.10. The molecule has 0 heterocycles. The van der Waals surface area contributed by atoms with E-state index in [2.05, 4.69) is 5.32 Å².